The summed E-state index contributed by atoms with van der Waals surface area (Å²) in [5.41, 5.74) is 1.92. The van der Waals surface area contributed by atoms with E-state index < -0.39 is 11.6 Å². The number of hydrogen-bond donors (Lipinski definition) is 0. The van der Waals surface area contributed by atoms with E-state index in [2.05, 4.69) is 29.3 Å². The van der Waals surface area contributed by atoms with Gasteiger partial charge in [0.25, 0.3) is 0 Å². The molecule has 1 aliphatic rings. The van der Waals surface area contributed by atoms with Crippen LogP contribution in [0.3, 0.4) is 0 Å². The van der Waals surface area contributed by atoms with Gasteiger partial charge < -0.3 is 0 Å². The molecule has 2 aromatic carbocycles. The van der Waals surface area contributed by atoms with Crippen molar-refractivity contribution >= 4 is 23.1 Å². The summed E-state index contributed by atoms with van der Waals surface area (Å²) < 4.78 is 28.6. The molecule has 0 N–H and O–H groups in total. The van der Waals surface area contributed by atoms with Gasteiger partial charge in [-0.2, -0.15) is 4.99 Å². The molecule has 2 aromatic rings. The normalized spacial score (nSPS) is 20.1. The molecule has 4 heteroatoms. The maximum atomic E-state index is 14.3. The Bertz CT molecular complexity index is 763. The van der Waals surface area contributed by atoms with Crippen molar-refractivity contribution in [2.75, 3.05) is 0 Å². The van der Waals surface area contributed by atoms with Gasteiger partial charge in [0.2, 0.25) is 0 Å². The van der Waals surface area contributed by atoms with Gasteiger partial charge in [-0.05, 0) is 60.9 Å². The van der Waals surface area contributed by atoms with Crippen molar-refractivity contribution in [3.05, 3.63) is 53.6 Å². The molecule has 0 unspecified atom stereocenters. The van der Waals surface area contributed by atoms with Crippen LogP contribution in [-0.4, -0.2) is 5.16 Å². The van der Waals surface area contributed by atoms with Crippen LogP contribution in [0, 0.1) is 17.6 Å². The third-order valence-electron chi connectivity index (χ3n) is 5.30. The van der Waals surface area contributed by atoms with Crippen molar-refractivity contribution < 1.29 is 8.78 Å². The van der Waals surface area contributed by atoms with Gasteiger partial charge in [0.15, 0.2) is 0 Å². The van der Waals surface area contributed by atoms with Crippen LogP contribution in [0.2, 0.25) is 0 Å². The van der Waals surface area contributed by atoms with E-state index in [9.17, 15) is 8.78 Å². The van der Waals surface area contributed by atoms with E-state index in [1.807, 2.05) is 24.3 Å². The zero-order valence-corrected chi connectivity index (χ0v) is 15.1. The molecule has 1 fully saturated rings. The fraction of sp³-hybridized carbons (Fsp3) is 0.381. The molecular formula is C21H21F2NS. The molecule has 0 spiro atoms. The highest BCUT2D eigenvalue weighted by Crippen LogP contribution is 2.38. The van der Waals surface area contributed by atoms with Crippen LogP contribution >= 0.6 is 12.2 Å². The second kappa shape index (κ2) is 7.99. The predicted octanol–water partition coefficient (Wildman–Crippen LogP) is 7.05. The Morgan fingerprint density at radius 2 is 1.64 bits per heavy atom. The first-order chi connectivity index (χ1) is 12.1. The highest BCUT2D eigenvalue weighted by atomic mass is 32.1. The third-order valence-corrected chi connectivity index (χ3v) is 5.39. The largest absolute Gasteiger partial charge is 0.206 e. The standard InChI is InChI=1S/C21H21F2NS/c1-2-14-3-5-15(6-4-14)16-7-9-17(10-8-16)21-19(22)11-18(24-13-25)12-20(21)23/h7-12,14-15H,2-6H2,1H3. The molecule has 25 heavy (non-hydrogen) atoms. The molecule has 1 saturated carbocycles. The van der Waals surface area contributed by atoms with Crippen LogP contribution in [-0.2, 0) is 0 Å². The van der Waals surface area contributed by atoms with E-state index in [1.165, 1.54) is 49.8 Å². The van der Waals surface area contributed by atoms with Crippen molar-refractivity contribution in [2.45, 2.75) is 44.9 Å². The van der Waals surface area contributed by atoms with Crippen molar-refractivity contribution in [1.29, 1.82) is 0 Å². The van der Waals surface area contributed by atoms with Gasteiger partial charge in [-0.25, -0.2) is 8.78 Å². The Balaban J connectivity index is 1.82. The van der Waals surface area contributed by atoms with Crippen LogP contribution in [0.4, 0.5) is 14.5 Å². The molecule has 0 radical (unpaired) electrons. The first-order valence-electron chi connectivity index (χ1n) is 8.79. The lowest BCUT2D eigenvalue weighted by Crippen LogP contribution is -2.12. The van der Waals surface area contributed by atoms with Gasteiger partial charge in [0.05, 0.1) is 16.4 Å². The van der Waals surface area contributed by atoms with Crippen molar-refractivity contribution in [3.8, 4) is 11.1 Å². The van der Waals surface area contributed by atoms with Gasteiger partial charge in [0, 0.05) is 12.1 Å². The van der Waals surface area contributed by atoms with Crippen LogP contribution in [0.5, 0.6) is 0 Å². The van der Waals surface area contributed by atoms with Gasteiger partial charge in [-0.1, -0.05) is 37.6 Å². The number of nitrogens with zero attached hydrogens (tertiary/aromatic N) is 1. The first kappa shape index (κ1) is 17.9. The summed E-state index contributed by atoms with van der Waals surface area (Å²) in [4.78, 5) is 3.64. The predicted molar refractivity (Wildman–Crippen MR) is 101 cm³/mol. The quantitative estimate of drug-likeness (QED) is 0.422. The molecule has 1 nitrogen and oxygen atoms in total. The highest BCUT2D eigenvalue weighted by molar-refractivity contribution is 7.78. The van der Waals surface area contributed by atoms with Crippen LogP contribution < -0.4 is 0 Å². The summed E-state index contributed by atoms with van der Waals surface area (Å²) in [7, 11) is 0. The minimum atomic E-state index is -0.639. The molecule has 0 atom stereocenters. The van der Waals surface area contributed by atoms with Gasteiger partial charge in [0.1, 0.15) is 11.6 Å². The summed E-state index contributed by atoms with van der Waals surface area (Å²) in [6.07, 6.45) is 6.20. The number of aliphatic imine (C=N–C) groups is 1. The maximum absolute atomic E-state index is 14.3. The molecule has 0 bridgehead atoms. The average Bonchev–Trinajstić information content (AvgIpc) is 2.62. The van der Waals surface area contributed by atoms with Crippen LogP contribution in [0.15, 0.2) is 41.4 Å². The molecule has 130 valence electrons. The lowest BCUT2D eigenvalue weighted by molar-refractivity contribution is 0.319. The number of thiocarbonyl (C=S) groups is 1. The smallest absolute Gasteiger partial charge is 0.136 e. The van der Waals surface area contributed by atoms with Crippen molar-refractivity contribution in [3.63, 3.8) is 0 Å². The van der Waals surface area contributed by atoms with Gasteiger partial charge in [-0.15, -0.1) is 0 Å². The van der Waals surface area contributed by atoms with E-state index in [4.69, 9.17) is 0 Å². The SMILES string of the molecule is CCC1CCC(c2ccc(-c3c(F)cc(N=C=S)cc3F)cc2)CC1. The second-order valence-electron chi connectivity index (χ2n) is 6.74. The first-order valence-corrected chi connectivity index (χ1v) is 9.20. The molecule has 0 aromatic heterocycles. The summed E-state index contributed by atoms with van der Waals surface area (Å²) in [6.45, 7) is 2.26. The number of benzene rings is 2. The molecule has 0 heterocycles. The van der Waals surface area contributed by atoms with E-state index in [0.717, 1.165) is 5.92 Å². The molecule has 1 aliphatic carbocycles. The summed E-state index contributed by atoms with van der Waals surface area (Å²) in [5.74, 6) is 0.138. The summed E-state index contributed by atoms with van der Waals surface area (Å²) in [6, 6.07) is 9.99. The molecule has 3 rings (SSSR count). The molecule has 0 amide bonds. The van der Waals surface area contributed by atoms with Crippen molar-refractivity contribution in [1.82, 2.24) is 0 Å². The zero-order valence-electron chi connectivity index (χ0n) is 14.3. The van der Waals surface area contributed by atoms with Crippen molar-refractivity contribution in [2.24, 2.45) is 10.9 Å². The fourth-order valence-electron chi connectivity index (χ4n) is 3.78. The Kier molecular flexibility index (Phi) is 5.72. The number of isothiocyanates is 1. The lowest BCUT2D eigenvalue weighted by atomic mass is 9.77. The Hall–Kier alpha value is -1.90. The maximum Gasteiger partial charge on any atom is 0.136 e. The minimum absolute atomic E-state index is 0.0236. The Morgan fingerprint density at radius 1 is 1.04 bits per heavy atom. The van der Waals surface area contributed by atoms with E-state index in [1.54, 1.807) is 0 Å². The van der Waals surface area contributed by atoms with Gasteiger partial charge >= 0.3 is 0 Å². The zero-order chi connectivity index (χ0) is 17.8. The number of hydrogen-bond acceptors (Lipinski definition) is 2. The monoisotopic (exact) mass is 357 g/mol. The van der Waals surface area contributed by atoms with E-state index in [-0.39, 0.29) is 11.3 Å². The summed E-state index contributed by atoms with van der Waals surface area (Å²) >= 11 is 4.48. The third kappa shape index (κ3) is 4.02. The lowest BCUT2D eigenvalue weighted by Gasteiger charge is -2.28. The second-order valence-corrected chi connectivity index (χ2v) is 6.92. The van der Waals surface area contributed by atoms with Crippen LogP contribution in [0.25, 0.3) is 11.1 Å². The fourth-order valence-corrected chi connectivity index (χ4v) is 3.88. The van der Waals surface area contributed by atoms with Crippen LogP contribution in [0.1, 0.15) is 50.5 Å². The average molecular weight is 357 g/mol. The van der Waals surface area contributed by atoms with Gasteiger partial charge in [-0.3, -0.25) is 0 Å². The molecule has 0 aliphatic heterocycles. The highest BCUT2D eigenvalue weighted by Gasteiger charge is 2.21. The Morgan fingerprint density at radius 3 is 2.16 bits per heavy atom. The molecular weight excluding hydrogens is 336 g/mol. The Labute approximate surface area is 152 Å². The minimum Gasteiger partial charge on any atom is -0.206 e. The van der Waals surface area contributed by atoms with E-state index in [0.29, 0.717) is 11.5 Å². The topological polar surface area (TPSA) is 12.4 Å². The summed E-state index contributed by atoms with van der Waals surface area (Å²) in [5, 5.41) is 2.12. The number of rotatable bonds is 4. The van der Waals surface area contributed by atoms with E-state index >= 15 is 0 Å². The number of halogens is 2. The molecule has 0 saturated heterocycles.